The predicted octanol–water partition coefficient (Wildman–Crippen LogP) is 1.33. The molecular formula is C24H31N3O7S. The average molecular weight is 506 g/mol. The molecule has 1 aliphatic heterocycles. The molecule has 1 aliphatic rings. The van der Waals surface area contributed by atoms with Gasteiger partial charge >= 0.3 is 0 Å². The van der Waals surface area contributed by atoms with Gasteiger partial charge in [0.2, 0.25) is 15.9 Å². The van der Waals surface area contributed by atoms with Crippen LogP contribution in [0.5, 0.6) is 17.2 Å². The van der Waals surface area contributed by atoms with Gasteiger partial charge < -0.3 is 24.8 Å². The molecule has 0 atom stereocenters. The van der Waals surface area contributed by atoms with Crippen LogP contribution in [-0.4, -0.2) is 65.6 Å². The summed E-state index contributed by atoms with van der Waals surface area (Å²) in [5, 5.41) is 0. The van der Waals surface area contributed by atoms with Gasteiger partial charge in [-0.3, -0.25) is 9.59 Å². The molecular weight excluding hydrogens is 474 g/mol. The third kappa shape index (κ3) is 7.09. The number of hydrogen-bond donors (Lipinski definition) is 2. The molecule has 0 bridgehead atoms. The van der Waals surface area contributed by atoms with Crippen LogP contribution in [0.4, 0.5) is 0 Å². The quantitative estimate of drug-likeness (QED) is 0.470. The zero-order valence-corrected chi connectivity index (χ0v) is 20.7. The average Bonchev–Trinajstić information content (AvgIpc) is 2.87. The normalized spacial score (nSPS) is 14.4. The van der Waals surface area contributed by atoms with Crippen LogP contribution in [0.15, 0.2) is 47.4 Å². The first-order chi connectivity index (χ1) is 16.7. The molecule has 35 heavy (non-hydrogen) atoms. The van der Waals surface area contributed by atoms with E-state index >= 15 is 0 Å². The third-order valence-corrected chi connectivity index (χ3v) is 7.38. The van der Waals surface area contributed by atoms with E-state index < -0.39 is 10.0 Å². The van der Waals surface area contributed by atoms with Gasteiger partial charge in [-0.05, 0) is 61.2 Å². The van der Waals surface area contributed by atoms with Crippen LogP contribution in [0.2, 0.25) is 0 Å². The molecule has 11 heteroatoms. The Balaban J connectivity index is 1.47. The lowest BCUT2D eigenvalue weighted by atomic mass is 9.96. The summed E-state index contributed by atoms with van der Waals surface area (Å²) in [4.78, 5) is 25.3. The van der Waals surface area contributed by atoms with Gasteiger partial charge in [0.1, 0.15) is 5.75 Å². The summed E-state index contributed by atoms with van der Waals surface area (Å²) >= 11 is 0. The van der Waals surface area contributed by atoms with Crippen LogP contribution < -0.4 is 24.7 Å². The second-order valence-corrected chi connectivity index (χ2v) is 9.92. The van der Waals surface area contributed by atoms with Crippen molar-refractivity contribution in [2.45, 2.75) is 24.2 Å². The van der Waals surface area contributed by atoms with Crippen LogP contribution >= 0.6 is 0 Å². The maximum absolute atomic E-state index is 12.6. The van der Waals surface area contributed by atoms with Crippen molar-refractivity contribution in [1.29, 1.82) is 0 Å². The molecule has 0 aliphatic carbocycles. The number of piperidine rings is 1. The summed E-state index contributed by atoms with van der Waals surface area (Å²) in [7, 11) is -0.615. The Hall–Kier alpha value is -3.31. The number of rotatable bonds is 11. The smallest absolute Gasteiger partial charge is 0.260 e. The minimum Gasteiger partial charge on any atom is -0.493 e. The molecule has 2 aromatic carbocycles. The molecule has 1 fully saturated rings. The highest BCUT2D eigenvalue weighted by molar-refractivity contribution is 7.89. The number of nitrogens with zero attached hydrogens (tertiary/aromatic N) is 1. The lowest BCUT2D eigenvalue weighted by molar-refractivity contribution is -0.136. The first kappa shape index (κ1) is 26.3. The van der Waals surface area contributed by atoms with E-state index in [1.54, 1.807) is 31.3 Å². The molecule has 1 saturated heterocycles. The number of primary amides is 1. The van der Waals surface area contributed by atoms with E-state index in [2.05, 4.69) is 4.72 Å². The lowest BCUT2D eigenvalue weighted by Crippen LogP contribution is -2.43. The van der Waals surface area contributed by atoms with Gasteiger partial charge in [-0.2, -0.15) is 0 Å². The Kier molecular flexibility index (Phi) is 8.94. The number of benzene rings is 2. The summed E-state index contributed by atoms with van der Waals surface area (Å²) < 4.78 is 43.8. The summed E-state index contributed by atoms with van der Waals surface area (Å²) in [5.74, 6) is 0.850. The topological polar surface area (TPSA) is 137 Å². The van der Waals surface area contributed by atoms with Gasteiger partial charge in [0.15, 0.2) is 18.1 Å². The highest BCUT2D eigenvalue weighted by Crippen LogP contribution is 2.27. The van der Waals surface area contributed by atoms with E-state index in [1.165, 1.54) is 24.3 Å². The van der Waals surface area contributed by atoms with E-state index in [-0.39, 0.29) is 35.8 Å². The van der Waals surface area contributed by atoms with E-state index in [4.69, 9.17) is 19.9 Å². The Morgan fingerprint density at radius 1 is 1.03 bits per heavy atom. The lowest BCUT2D eigenvalue weighted by Gasteiger charge is -2.30. The molecule has 190 valence electrons. The summed E-state index contributed by atoms with van der Waals surface area (Å²) in [6.45, 7) is 0.956. The summed E-state index contributed by atoms with van der Waals surface area (Å²) in [6.07, 6.45) is 1.57. The van der Waals surface area contributed by atoms with E-state index in [1.807, 2.05) is 6.07 Å². The number of nitrogens with one attached hydrogen (secondary N) is 1. The maximum atomic E-state index is 12.6. The summed E-state index contributed by atoms with van der Waals surface area (Å²) in [6, 6.07) is 11.3. The van der Waals surface area contributed by atoms with Crippen molar-refractivity contribution < 1.29 is 32.2 Å². The van der Waals surface area contributed by atoms with Crippen LogP contribution in [0.25, 0.3) is 0 Å². The fourth-order valence-electron chi connectivity index (χ4n) is 3.81. The SMILES string of the molecule is COc1ccc(CCNS(=O)(=O)c2ccc(OCC(=O)N3CCC(C(N)=O)CC3)cc2)cc1OC. The van der Waals surface area contributed by atoms with Crippen LogP contribution in [0, 0.1) is 5.92 Å². The van der Waals surface area contributed by atoms with Gasteiger partial charge in [0.25, 0.3) is 5.91 Å². The monoisotopic (exact) mass is 505 g/mol. The van der Waals surface area contributed by atoms with Crippen molar-refractivity contribution in [2.24, 2.45) is 11.7 Å². The highest BCUT2D eigenvalue weighted by atomic mass is 32.2. The first-order valence-electron chi connectivity index (χ1n) is 11.2. The molecule has 2 amide bonds. The minimum atomic E-state index is -3.71. The Labute approximate surface area is 205 Å². The van der Waals surface area contributed by atoms with Crippen molar-refractivity contribution >= 4 is 21.8 Å². The number of methoxy groups -OCH3 is 2. The minimum absolute atomic E-state index is 0.0945. The maximum Gasteiger partial charge on any atom is 0.260 e. The van der Waals surface area contributed by atoms with Gasteiger partial charge in [0.05, 0.1) is 19.1 Å². The number of hydrogen-bond acceptors (Lipinski definition) is 7. The van der Waals surface area contributed by atoms with Gasteiger partial charge in [-0.15, -0.1) is 0 Å². The zero-order chi connectivity index (χ0) is 25.4. The van der Waals surface area contributed by atoms with Crippen molar-refractivity contribution in [3.8, 4) is 17.2 Å². The molecule has 1 heterocycles. The predicted molar refractivity (Wildman–Crippen MR) is 129 cm³/mol. The molecule has 0 unspecified atom stereocenters. The van der Waals surface area contributed by atoms with Gasteiger partial charge in [-0.1, -0.05) is 6.07 Å². The molecule has 0 spiro atoms. The van der Waals surface area contributed by atoms with Crippen molar-refractivity contribution in [3.63, 3.8) is 0 Å². The van der Waals surface area contributed by atoms with E-state index in [0.29, 0.717) is 49.6 Å². The fraction of sp³-hybridized carbons (Fsp3) is 0.417. The molecule has 2 aromatic rings. The van der Waals surface area contributed by atoms with E-state index in [9.17, 15) is 18.0 Å². The fourth-order valence-corrected chi connectivity index (χ4v) is 4.85. The zero-order valence-electron chi connectivity index (χ0n) is 19.9. The third-order valence-electron chi connectivity index (χ3n) is 5.90. The second-order valence-electron chi connectivity index (χ2n) is 8.15. The number of carbonyl (C=O) groups is 2. The first-order valence-corrected chi connectivity index (χ1v) is 12.7. The second kappa shape index (κ2) is 11.9. The Bertz CT molecular complexity index is 1130. The molecule has 0 aromatic heterocycles. The van der Waals surface area contributed by atoms with E-state index in [0.717, 1.165) is 5.56 Å². The van der Waals surface area contributed by atoms with Crippen molar-refractivity contribution in [3.05, 3.63) is 48.0 Å². The molecule has 0 radical (unpaired) electrons. The highest BCUT2D eigenvalue weighted by Gasteiger charge is 2.26. The van der Waals surface area contributed by atoms with Gasteiger partial charge in [-0.25, -0.2) is 13.1 Å². The van der Waals surface area contributed by atoms with Gasteiger partial charge in [0, 0.05) is 25.6 Å². The Morgan fingerprint density at radius 3 is 2.29 bits per heavy atom. The Morgan fingerprint density at radius 2 is 1.69 bits per heavy atom. The molecule has 3 N–H and O–H groups in total. The molecule has 0 saturated carbocycles. The standard InChI is InChI=1S/C24H31N3O7S/c1-32-21-8-3-17(15-22(21)33-2)9-12-26-35(30,31)20-6-4-19(5-7-20)34-16-23(28)27-13-10-18(11-14-27)24(25)29/h3-8,15,18,26H,9-14,16H2,1-2H3,(H2,25,29). The number of sulfonamides is 1. The number of amides is 2. The number of likely N-dealkylation sites (tertiary alicyclic amines) is 1. The van der Waals surface area contributed by atoms with Crippen LogP contribution in [0.3, 0.4) is 0 Å². The number of ether oxygens (including phenoxy) is 3. The number of carbonyl (C=O) groups excluding carboxylic acids is 2. The van der Waals surface area contributed by atoms with Crippen LogP contribution in [-0.2, 0) is 26.0 Å². The van der Waals surface area contributed by atoms with Crippen molar-refractivity contribution in [1.82, 2.24) is 9.62 Å². The molecule has 10 nitrogen and oxygen atoms in total. The molecule has 3 rings (SSSR count). The number of nitrogens with two attached hydrogens (primary N) is 1. The summed E-state index contributed by atoms with van der Waals surface area (Å²) in [5.41, 5.74) is 6.22. The largest absolute Gasteiger partial charge is 0.493 e. The van der Waals surface area contributed by atoms with Crippen LogP contribution in [0.1, 0.15) is 18.4 Å². The van der Waals surface area contributed by atoms with Crippen molar-refractivity contribution in [2.75, 3.05) is 40.5 Å².